The predicted molar refractivity (Wildman–Crippen MR) is 109 cm³/mol. The Morgan fingerprint density at radius 3 is 2.61 bits per heavy atom. The van der Waals surface area contributed by atoms with Gasteiger partial charge in [0.2, 0.25) is 11.8 Å². The van der Waals surface area contributed by atoms with Crippen LogP contribution in [0.4, 0.5) is 0 Å². The Labute approximate surface area is 166 Å². The zero-order valence-electron chi connectivity index (χ0n) is 16.9. The largest absolute Gasteiger partial charge is 0.342 e. The molecule has 0 radical (unpaired) electrons. The Hall–Kier alpha value is -2.37. The van der Waals surface area contributed by atoms with Crippen LogP contribution in [0.5, 0.6) is 0 Å². The SMILES string of the molecule is CCN(CC)C(=O)Cn1c([C@@H]2CC(=O)N(C3CCCC3)C2)nc2ccccc21. The van der Waals surface area contributed by atoms with Gasteiger partial charge in [0, 0.05) is 38.0 Å². The van der Waals surface area contributed by atoms with E-state index in [1.54, 1.807) is 0 Å². The molecule has 1 aliphatic carbocycles. The number of hydrogen-bond acceptors (Lipinski definition) is 3. The Bertz CT molecular complexity index is 865. The van der Waals surface area contributed by atoms with Gasteiger partial charge in [-0.15, -0.1) is 0 Å². The van der Waals surface area contributed by atoms with Crippen molar-refractivity contribution in [2.75, 3.05) is 19.6 Å². The lowest BCUT2D eigenvalue weighted by molar-refractivity contribution is -0.131. The fourth-order valence-electron chi connectivity index (χ4n) is 4.86. The number of likely N-dealkylation sites (N-methyl/N-ethyl adjacent to an activating group) is 1. The summed E-state index contributed by atoms with van der Waals surface area (Å²) >= 11 is 0. The predicted octanol–water partition coefficient (Wildman–Crippen LogP) is 3.16. The number of carbonyl (C=O) groups is 2. The van der Waals surface area contributed by atoms with E-state index in [1.165, 1.54) is 12.8 Å². The van der Waals surface area contributed by atoms with Gasteiger partial charge in [-0.1, -0.05) is 25.0 Å². The van der Waals surface area contributed by atoms with Gasteiger partial charge >= 0.3 is 0 Å². The number of imidazole rings is 1. The molecule has 150 valence electrons. The fraction of sp³-hybridized carbons (Fsp3) is 0.591. The van der Waals surface area contributed by atoms with Crippen molar-refractivity contribution in [2.24, 2.45) is 0 Å². The summed E-state index contributed by atoms with van der Waals surface area (Å²) in [6, 6.07) is 8.36. The van der Waals surface area contributed by atoms with Crippen molar-refractivity contribution in [1.82, 2.24) is 19.4 Å². The van der Waals surface area contributed by atoms with E-state index < -0.39 is 0 Å². The van der Waals surface area contributed by atoms with E-state index in [9.17, 15) is 9.59 Å². The highest BCUT2D eigenvalue weighted by Crippen LogP contribution is 2.35. The summed E-state index contributed by atoms with van der Waals surface area (Å²) in [4.78, 5) is 34.3. The molecule has 1 aromatic heterocycles. The van der Waals surface area contributed by atoms with Gasteiger partial charge in [0.05, 0.1) is 11.0 Å². The molecule has 2 aliphatic rings. The second kappa shape index (κ2) is 7.94. The number of fused-ring (bicyclic) bond motifs is 1. The average molecular weight is 383 g/mol. The monoisotopic (exact) mass is 382 g/mol. The molecule has 6 heteroatoms. The van der Waals surface area contributed by atoms with E-state index in [0.29, 0.717) is 25.6 Å². The van der Waals surface area contributed by atoms with E-state index in [4.69, 9.17) is 4.98 Å². The maximum Gasteiger partial charge on any atom is 0.242 e. The minimum atomic E-state index is 0.0602. The maximum atomic E-state index is 12.8. The molecule has 1 aromatic carbocycles. The number of carbonyl (C=O) groups excluding carboxylic acids is 2. The zero-order valence-corrected chi connectivity index (χ0v) is 16.9. The van der Waals surface area contributed by atoms with E-state index in [1.807, 2.05) is 47.6 Å². The van der Waals surface area contributed by atoms with Crippen LogP contribution in [0.1, 0.15) is 57.7 Å². The Morgan fingerprint density at radius 1 is 1.18 bits per heavy atom. The minimum Gasteiger partial charge on any atom is -0.342 e. The Kier molecular flexibility index (Phi) is 5.38. The first-order valence-corrected chi connectivity index (χ1v) is 10.6. The summed E-state index contributed by atoms with van der Waals surface area (Å²) in [5.41, 5.74) is 1.88. The summed E-state index contributed by atoms with van der Waals surface area (Å²) < 4.78 is 2.05. The van der Waals surface area contributed by atoms with Crippen LogP contribution in [0.3, 0.4) is 0 Å². The highest BCUT2D eigenvalue weighted by molar-refractivity contribution is 5.83. The molecule has 2 fully saturated rings. The molecule has 1 aliphatic heterocycles. The molecule has 0 unspecified atom stereocenters. The van der Waals surface area contributed by atoms with E-state index in [2.05, 4.69) is 4.90 Å². The molecule has 0 N–H and O–H groups in total. The average Bonchev–Trinajstić information content (AvgIpc) is 3.42. The number of benzene rings is 1. The lowest BCUT2D eigenvalue weighted by atomic mass is 10.1. The number of para-hydroxylation sites is 2. The topological polar surface area (TPSA) is 58.4 Å². The summed E-state index contributed by atoms with van der Waals surface area (Å²) in [6.45, 7) is 6.42. The standard InChI is InChI=1S/C22H30N4O2/c1-3-24(4-2)21(28)15-26-19-12-8-7-11-18(19)23-22(26)16-13-20(27)25(14-16)17-9-5-6-10-17/h7-8,11-12,16-17H,3-6,9-10,13-15H2,1-2H3/t16-/m1/s1. The highest BCUT2D eigenvalue weighted by atomic mass is 16.2. The second-order valence-corrected chi connectivity index (χ2v) is 8.00. The van der Waals surface area contributed by atoms with Crippen LogP contribution in [-0.2, 0) is 16.1 Å². The van der Waals surface area contributed by atoms with Crippen LogP contribution in [0.2, 0.25) is 0 Å². The molecule has 0 spiro atoms. The van der Waals surface area contributed by atoms with E-state index in [-0.39, 0.29) is 24.3 Å². The lowest BCUT2D eigenvalue weighted by Crippen LogP contribution is -2.35. The van der Waals surface area contributed by atoms with Crippen molar-refractivity contribution in [3.05, 3.63) is 30.1 Å². The quantitative estimate of drug-likeness (QED) is 0.771. The van der Waals surface area contributed by atoms with Gasteiger partial charge in [-0.25, -0.2) is 4.98 Å². The van der Waals surface area contributed by atoms with Gasteiger partial charge in [-0.2, -0.15) is 0 Å². The second-order valence-electron chi connectivity index (χ2n) is 8.00. The van der Waals surface area contributed by atoms with E-state index in [0.717, 1.165) is 36.2 Å². The molecular weight excluding hydrogens is 352 g/mol. The molecule has 1 atom stereocenters. The number of rotatable bonds is 6. The summed E-state index contributed by atoms with van der Waals surface area (Å²) in [7, 11) is 0. The van der Waals surface area contributed by atoms with Crippen molar-refractivity contribution in [3.8, 4) is 0 Å². The van der Waals surface area contributed by atoms with Gasteiger partial charge in [0.25, 0.3) is 0 Å². The number of amides is 2. The lowest BCUT2D eigenvalue weighted by Gasteiger charge is -2.24. The van der Waals surface area contributed by atoms with Crippen LogP contribution in [0, 0.1) is 0 Å². The third-order valence-corrected chi connectivity index (χ3v) is 6.38. The number of aromatic nitrogens is 2. The first-order chi connectivity index (χ1) is 13.6. The molecule has 4 rings (SSSR count). The minimum absolute atomic E-state index is 0.0602. The zero-order chi connectivity index (χ0) is 19.7. The van der Waals surface area contributed by atoms with Gasteiger partial charge in [0.1, 0.15) is 12.4 Å². The van der Waals surface area contributed by atoms with Crippen LogP contribution < -0.4 is 0 Å². The molecule has 2 amide bonds. The molecule has 28 heavy (non-hydrogen) atoms. The van der Waals surface area contributed by atoms with Crippen LogP contribution >= 0.6 is 0 Å². The Morgan fingerprint density at radius 2 is 1.89 bits per heavy atom. The van der Waals surface area contributed by atoms with Gasteiger partial charge in [0.15, 0.2) is 0 Å². The normalized spacial score (nSPS) is 20.4. The molecular formula is C22H30N4O2. The van der Waals surface area contributed by atoms with Crippen LogP contribution in [-0.4, -0.2) is 56.8 Å². The van der Waals surface area contributed by atoms with Crippen molar-refractivity contribution < 1.29 is 9.59 Å². The van der Waals surface area contributed by atoms with Gasteiger partial charge in [-0.3, -0.25) is 9.59 Å². The highest BCUT2D eigenvalue weighted by Gasteiger charge is 2.38. The summed E-state index contributed by atoms with van der Waals surface area (Å²) in [5.74, 6) is 1.29. The van der Waals surface area contributed by atoms with Gasteiger partial charge in [-0.05, 0) is 38.8 Å². The summed E-state index contributed by atoms with van der Waals surface area (Å²) in [5, 5.41) is 0. The Balaban J connectivity index is 1.65. The molecule has 1 saturated carbocycles. The maximum absolute atomic E-state index is 12.8. The van der Waals surface area contributed by atoms with Crippen molar-refractivity contribution in [3.63, 3.8) is 0 Å². The molecule has 0 bridgehead atoms. The summed E-state index contributed by atoms with van der Waals surface area (Å²) in [6.07, 6.45) is 5.18. The van der Waals surface area contributed by atoms with Crippen molar-refractivity contribution in [1.29, 1.82) is 0 Å². The van der Waals surface area contributed by atoms with Crippen molar-refractivity contribution in [2.45, 2.75) is 64.5 Å². The van der Waals surface area contributed by atoms with Gasteiger partial charge < -0.3 is 14.4 Å². The molecule has 1 saturated heterocycles. The first-order valence-electron chi connectivity index (χ1n) is 10.6. The number of likely N-dealkylation sites (tertiary alicyclic amines) is 1. The van der Waals surface area contributed by atoms with E-state index >= 15 is 0 Å². The van der Waals surface area contributed by atoms with Crippen LogP contribution in [0.15, 0.2) is 24.3 Å². The first kappa shape index (κ1) is 19.0. The third kappa shape index (κ3) is 3.40. The number of hydrogen-bond donors (Lipinski definition) is 0. The fourth-order valence-corrected chi connectivity index (χ4v) is 4.86. The van der Waals surface area contributed by atoms with Crippen LogP contribution in [0.25, 0.3) is 11.0 Å². The smallest absolute Gasteiger partial charge is 0.242 e. The molecule has 6 nitrogen and oxygen atoms in total. The molecule has 2 heterocycles. The van der Waals surface area contributed by atoms with Crippen molar-refractivity contribution >= 4 is 22.8 Å². The third-order valence-electron chi connectivity index (χ3n) is 6.38. The molecule has 2 aromatic rings. The number of nitrogens with zero attached hydrogens (tertiary/aromatic N) is 4.